The molecular weight excluding hydrogens is 491 g/mol. The van der Waals surface area contributed by atoms with Crippen LogP contribution >= 0.6 is 34.5 Å². The van der Waals surface area contributed by atoms with E-state index in [4.69, 9.17) is 43.6 Å². The Balaban J connectivity index is 1.83. The van der Waals surface area contributed by atoms with Crippen molar-refractivity contribution in [2.75, 3.05) is 31.1 Å². The highest BCUT2D eigenvalue weighted by Gasteiger charge is 2.43. The first-order valence-corrected chi connectivity index (χ1v) is 13.0. The minimum atomic E-state index is -0.517. The molecule has 2 aromatic heterocycles. The third-order valence-corrected chi connectivity index (χ3v) is 8.24. The van der Waals surface area contributed by atoms with Crippen molar-refractivity contribution < 1.29 is 9.53 Å². The quantitative estimate of drug-likeness (QED) is 0.419. The Bertz CT molecular complexity index is 1190. The maximum atomic E-state index is 13.0. The van der Waals surface area contributed by atoms with Crippen molar-refractivity contribution in [3.63, 3.8) is 0 Å². The lowest BCUT2D eigenvalue weighted by Crippen LogP contribution is -2.55. The van der Waals surface area contributed by atoms with E-state index in [1.807, 2.05) is 13.0 Å². The number of piperidine rings is 1. The van der Waals surface area contributed by atoms with Crippen LogP contribution in [-0.2, 0) is 10.2 Å². The number of benzene rings is 1. The summed E-state index contributed by atoms with van der Waals surface area (Å²) in [5, 5.41) is 5.03. The van der Waals surface area contributed by atoms with E-state index in [0.29, 0.717) is 51.8 Å². The molecular formula is C25H28Cl2N4O2S. The van der Waals surface area contributed by atoms with Gasteiger partial charge in [-0.3, -0.25) is 0 Å². The van der Waals surface area contributed by atoms with Crippen molar-refractivity contribution in [3.05, 3.63) is 62.0 Å². The number of halogens is 2. The smallest absolute Gasteiger partial charge is 0.360 e. The van der Waals surface area contributed by atoms with Gasteiger partial charge in [-0.1, -0.05) is 42.3 Å². The number of aromatic nitrogens is 2. The van der Waals surface area contributed by atoms with Crippen molar-refractivity contribution >= 4 is 46.3 Å². The second-order valence-electron chi connectivity index (χ2n) is 8.64. The highest BCUT2D eigenvalue weighted by atomic mass is 35.5. The number of carbonyl (C=O) groups excluding carboxylic acids is 1. The number of carbonyl (C=O) groups is 1. The predicted octanol–water partition coefficient (Wildman–Crippen LogP) is 5.74. The Morgan fingerprint density at radius 2 is 2.12 bits per heavy atom. The third-order valence-electron chi connectivity index (χ3n) is 6.74. The largest absolute Gasteiger partial charge is 0.461 e. The van der Waals surface area contributed by atoms with Gasteiger partial charge in [0.15, 0.2) is 11.5 Å². The fraction of sp³-hybridized carbons (Fsp3) is 0.400. The highest BCUT2D eigenvalue weighted by Crippen LogP contribution is 2.41. The standard InChI is InChI=1S/C25H28Cl2N4O2S/c1-4-33-24(32)22-23(29-16(3)21(30-22)18-6-5-7-19(26)20(18)27)31-10-8-15(2)25(13-28,14-31)17-9-11-34-12-17/h5-7,9,11-12,15H,4,8,10,13-14,28H2,1-3H3. The molecule has 0 saturated carbocycles. The van der Waals surface area contributed by atoms with Gasteiger partial charge in [0.2, 0.25) is 0 Å². The van der Waals surface area contributed by atoms with E-state index in [1.165, 1.54) is 5.56 Å². The van der Waals surface area contributed by atoms with Gasteiger partial charge in [-0.05, 0) is 54.6 Å². The molecule has 1 aliphatic heterocycles. The molecule has 1 saturated heterocycles. The van der Waals surface area contributed by atoms with Crippen molar-refractivity contribution in [1.82, 2.24) is 9.97 Å². The molecule has 0 spiro atoms. The summed E-state index contributed by atoms with van der Waals surface area (Å²) >= 11 is 14.4. The maximum absolute atomic E-state index is 13.0. The zero-order chi connectivity index (χ0) is 24.5. The summed E-state index contributed by atoms with van der Waals surface area (Å²) in [6.45, 7) is 7.99. The number of esters is 1. The van der Waals surface area contributed by atoms with Gasteiger partial charge < -0.3 is 15.4 Å². The summed E-state index contributed by atoms with van der Waals surface area (Å²) in [4.78, 5) is 24.8. The predicted molar refractivity (Wildman–Crippen MR) is 139 cm³/mol. The topological polar surface area (TPSA) is 81.3 Å². The minimum Gasteiger partial charge on any atom is -0.461 e. The Hall–Kier alpha value is -2.19. The molecule has 0 radical (unpaired) electrons. The molecule has 2 atom stereocenters. The lowest BCUT2D eigenvalue weighted by Gasteiger charge is -2.47. The van der Waals surface area contributed by atoms with Crippen molar-refractivity contribution in [2.24, 2.45) is 11.7 Å². The molecule has 1 aliphatic rings. The fourth-order valence-electron chi connectivity index (χ4n) is 4.70. The average molecular weight is 519 g/mol. The summed E-state index contributed by atoms with van der Waals surface area (Å²) in [6, 6.07) is 7.47. The van der Waals surface area contributed by atoms with Crippen LogP contribution < -0.4 is 10.6 Å². The number of hydrogen-bond acceptors (Lipinski definition) is 7. The Morgan fingerprint density at radius 3 is 2.79 bits per heavy atom. The van der Waals surface area contributed by atoms with Gasteiger partial charge in [0.25, 0.3) is 0 Å². The number of anilines is 1. The summed E-state index contributed by atoms with van der Waals surface area (Å²) in [5.41, 5.74) is 9.33. The second-order valence-corrected chi connectivity index (χ2v) is 10.2. The van der Waals surface area contributed by atoms with Crippen molar-refractivity contribution in [1.29, 1.82) is 0 Å². The number of rotatable bonds is 6. The van der Waals surface area contributed by atoms with Gasteiger partial charge in [0.1, 0.15) is 0 Å². The Morgan fingerprint density at radius 1 is 1.32 bits per heavy atom. The van der Waals surface area contributed by atoms with E-state index >= 15 is 0 Å². The van der Waals surface area contributed by atoms with Crippen LogP contribution in [0.25, 0.3) is 11.3 Å². The SMILES string of the molecule is CCOC(=O)c1nc(-c2cccc(Cl)c2Cl)c(C)nc1N1CCC(C)C(CN)(c2ccsc2)C1. The molecule has 0 bridgehead atoms. The first-order chi connectivity index (χ1) is 16.3. The second kappa shape index (κ2) is 10.2. The number of nitrogens with two attached hydrogens (primary N) is 1. The average Bonchev–Trinajstić information content (AvgIpc) is 3.37. The number of ether oxygens (including phenoxy) is 1. The molecule has 2 N–H and O–H groups in total. The number of nitrogens with zero attached hydrogens (tertiary/aromatic N) is 3. The van der Waals surface area contributed by atoms with E-state index < -0.39 is 5.97 Å². The normalized spacial score (nSPS) is 20.4. The molecule has 0 aliphatic carbocycles. The van der Waals surface area contributed by atoms with Gasteiger partial charge in [0, 0.05) is 30.6 Å². The van der Waals surface area contributed by atoms with Crippen molar-refractivity contribution in [2.45, 2.75) is 32.6 Å². The minimum absolute atomic E-state index is 0.171. The molecule has 1 aromatic carbocycles. The van der Waals surface area contributed by atoms with Crippen molar-refractivity contribution in [3.8, 4) is 11.3 Å². The lowest BCUT2D eigenvalue weighted by molar-refractivity contribution is 0.0519. The number of thiophene rings is 1. The van der Waals surface area contributed by atoms with Gasteiger partial charge in [0.05, 0.1) is 28.0 Å². The lowest BCUT2D eigenvalue weighted by atomic mass is 9.68. The van der Waals surface area contributed by atoms with Crippen LogP contribution in [0.4, 0.5) is 5.82 Å². The molecule has 0 amide bonds. The number of aryl methyl sites for hydroxylation is 1. The number of hydrogen-bond donors (Lipinski definition) is 1. The first kappa shape index (κ1) is 24.9. The Kier molecular flexibility index (Phi) is 7.48. The van der Waals surface area contributed by atoms with Crippen LogP contribution in [0.5, 0.6) is 0 Å². The zero-order valence-electron chi connectivity index (χ0n) is 19.5. The highest BCUT2D eigenvalue weighted by molar-refractivity contribution is 7.08. The molecule has 4 rings (SSSR count). The van der Waals surface area contributed by atoms with Crippen LogP contribution in [-0.4, -0.2) is 42.2 Å². The molecule has 34 heavy (non-hydrogen) atoms. The summed E-state index contributed by atoms with van der Waals surface area (Å²) in [6.07, 6.45) is 0.915. The van der Waals surface area contributed by atoms with E-state index in [9.17, 15) is 4.79 Å². The maximum Gasteiger partial charge on any atom is 0.360 e. The van der Waals surface area contributed by atoms with Crippen LogP contribution in [0.15, 0.2) is 35.0 Å². The van der Waals surface area contributed by atoms with Crippen LogP contribution in [0, 0.1) is 12.8 Å². The van der Waals surface area contributed by atoms with E-state index in [1.54, 1.807) is 30.4 Å². The summed E-state index contributed by atoms with van der Waals surface area (Å²) in [7, 11) is 0. The summed E-state index contributed by atoms with van der Waals surface area (Å²) < 4.78 is 5.37. The summed E-state index contributed by atoms with van der Waals surface area (Å²) in [5.74, 6) is 0.377. The van der Waals surface area contributed by atoms with Crippen LogP contribution in [0.3, 0.4) is 0 Å². The molecule has 2 unspecified atom stereocenters. The third kappa shape index (κ3) is 4.42. The van der Waals surface area contributed by atoms with E-state index in [0.717, 1.165) is 13.0 Å². The van der Waals surface area contributed by atoms with Crippen LogP contribution in [0.1, 0.15) is 42.0 Å². The Labute approximate surface area is 214 Å². The molecule has 1 fully saturated rings. The fourth-order valence-corrected chi connectivity index (χ4v) is 5.85. The van der Waals surface area contributed by atoms with E-state index in [-0.39, 0.29) is 17.7 Å². The zero-order valence-corrected chi connectivity index (χ0v) is 21.8. The molecule has 180 valence electrons. The van der Waals surface area contributed by atoms with Gasteiger partial charge in [-0.15, -0.1) is 0 Å². The van der Waals surface area contributed by atoms with Gasteiger partial charge >= 0.3 is 5.97 Å². The van der Waals surface area contributed by atoms with Gasteiger partial charge in [-0.2, -0.15) is 11.3 Å². The molecule has 9 heteroatoms. The monoisotopic (exact) mass is 518 g/mol. The molecule has 3 aromatic rings. The van der Waals surface area contributed by atoms with Crippen LogP contribution in [0.2, 0.25) is 10.0 Å². The van der Waals surface area contributed by atoms with Gasteiger partial charge in [-0.25, -0.2) is 14.8 Å². The first-order valence-electron chi connectivity index (χ1n) is 11.3. The van der Waals surface area contributed by atoms with E-state index in [2.05, 4.69) is 28.7 Å². The molecule has 6 nitrogen and oxygen atoms in total. The molecule has 3 heterocycles.